The molecule has 0 heterocycles. The molecule has 0 radical (unpaired) electrons. The van der Waals surface area contributed by atoms with Crippen molar-refractivity contribution in [2.24, 2.45) is 0 Å². The highest BCUT2D eigenvalue weighted by Crippen LogP contribution is 2.14. The molecule has 2 N–H and O–H groups in total. The number of hydrogen-bond acceptors (Lipinski definition) is 8. The van der Waals surface area contributed by atoms with E-state index in [0.717, 1.165) is 51.4 Å². The molecule has 0 atom stereocenters. The van der Waals surface area contributed by atoms with Crippen molar-refractivity contribution in [1.82, 2.24) is 0 Å². The van der Waals surface area contributed by atoms with Crippen LogP contribution in [0.15, 0.2) is 0 Å². The lowest BCUT2D eigenvalue weighted by Gasteiger charge is -2.05. The molecule has 0 aliphatic carbocycles. The molecule has 0 spiro atoms. The number of ether oxygens (including phenoxy) is 2. The number of esters is 4. The average Bonchev–Trinajstić information content (AvgIpc) is 2.84. The fourth-order valence-electron chi connectivity index (χ4n) is 3.86. The van der Waals surface area contributed by atoms with E-state index in [1.54, 1.807) is 0 Å². The SMILES string of the molecule is O=C(O)CCCCC(=O)OC(=O)CCCCCCCCCCCCCCC(=O)OC(=O)CCCCC(=O)O. The lowest BCUT2D eigenvalue weighted by Crippen LogP contribution is -2.12. The summed E-state index contributed by atoms with van der Waals surface area (Å²) in [5, 5.41) is 17.1. The van der Waals surface area contributed by atoms with Crippen LogP contribution in [0.25, 0.3) is 0 Å². The second-order valence-corrected chi connectivity index (χ2v) is 9.64. The van der Waals surface area contributed by atoms with Crippen LogP contribution in [-0.4, -0.2) is 46.0 Å². The summed E-state index contributed by atoms with van der Waals surface area (Å²) >= 11 is 0. The third-order valence-corrected chi connectivity index (χ3v) is 6.01. The number of carboxylic acids is 2. The molecule has 0 rings (SSSR count). The van der Waals surface area contributed by atoms with Crippen molar-refractivity contribution in [3.05, 3.63) is 0 Å². The quantitative estimate of drug-likeness (QED) is 0.0809. The fraction of sp³-hybridized carbons (Fsp3) is 0.786. The first-order valence-corrected chi connectivity index (χ1v) is 14.1. The first-order chi connectivity index (χ1) is 18.2. The van der Waals surface area contributed by atoms with Crippen molar-refractivity contribution < 1.29 is 48.5 Å². The lowest BCUT2D eigenvalue weighted by molar-refractivity contribution is -0.161. The first kappa shape index (κ1) is 35.2. The second kappa shape index (κ2) is 24.6. The molecule has 0 saturated carbocycles. The van der Waals surface area contributed by atoms with Crippen LogP contribution >= 0.6 is 0 Å². The van der Waals surface area contributed by atoms with Gasteiger partial charge in [-0.15, -0.1) is 0 Å². The van der Waals surface area contributed by atoms with Gasteiger partial charge in [-0.1, -0.05) is 64.2 Å². The summed E-state index contributed by atoms with van der Waals surface area (Å²) in [6.07, 6.45) is 14.3. The smallest absolute Gasteiger partial charge is 0.313 e. The molecule has 0 aliphatic rings. The van der Waals surface area contributed by atoms with Gasteiger partial charge in [-0.05, 0) is 38.5 Å². The van der Waals surface area contributed by atoms with E-state index in [9.17, 15) is 28.8 Å². The number of rotatable bonds is 25. The van der Waals surface area contributed by atoms with E-state index in [4.69, 9.17) is 19.7 Å². The Morgan fingerprint density at radius 1 is 0.316 bits per heavy atom. The van der Waals surface area contributed by atoms with E-state index in [2.05, 4.69) is 0 Å². The number of hydrogen-bond donors (Lipinski definition) is 2. The molecule has 218 valence electrons. The van der Waals surface area contributed by atoms with E-state index in [1.807, 2.05) is 0 Å². The summed E-state index contributed by atoms with van der Waals surface area (Å²) in [5.41, 5.74) is 0. The van der Waals surface area contributed by atoms with Gasteiger partial charge in [0, 0.05) is 38.5 Å². The number of carbonyl (C=O) groups is 6. The largest absolute Gasteiger partial charge is 0.481 e. The Hall–Kier alpha value is -2.78. The van der Waals surface area contributed by atoms with Gasteiger partial charge in [0.05, 0.1) is 0 Å². The predicted molar refractivity (Wildman–Crippen MR) is 139 cm³/mol. The first-order valence-electron chi connectivity index (χ1n) is 14.1. The molecule has 0 fully saturated rings. The number of aliphatic carboxylic acids is 2. The summed E-state index contributed by atoms with van der Waals surface area (Å²) < 4.78 is 9.47. The van der Waals surface area contributed by atoms with Crippen molar-refractivity contribution >= 4 is 35.8 Å². The summed E-state index contributed by atoms with van der Waals surface area (Å²) in [6.45, 7) is 0. The van der Waals surface area contributed by atoms with Crippen LogP contribution in [0, 0.1) is 0 Å². The zero-order valence-corrected chi connectivity index (χ0v) is 22.7. The fourth-order valence-corrected chi connectivity index (χ4v) is 3.86. The van der Waals surface area contributed by atoms with Crippen LogP contribution in [0.4, 0.5) is 0 Å². The van der Waals surface area contributed by atoms with Crippen molar-refractivity contribution in [3.8, 4) is 0 Å². The van der Waals surface area contributed by atoms with E-state index >= 15 is 0 Å². The molecule has 10 heteroatoms. The Morgan fingerprint density at radius 2 is 0.500 bits per heavy atom. The van der Waals surface area contributed by atoms with Gasteiger partial charge in [0.1, 0.15) is 0 Å². The summed E-state index contributed by atoms with van der Waals surface area (Å²) in [6, 6.07) is 0. The molecular weight excluding hydrogens is 496 g/mol. The maximum atomic E-state index is 11.6. The van der Waals surface area contributed by atoms with Gasteiger partial charge in [0.15, 0.2) is 0 Å². The molecule has 38 heavy (non-hydrogen) atoms. The van der Waals surface area contributed by atoms with E-state index in [-0.39, 0.29) is 38.5 Å². The van der Waals surface area contributed by atoms with E-state index in [1.165, 1.54) is 12.8 Å². The van der Waals surface area contributed by atoms with Crippen molar-refractivity contribution in [2.75, 3.05) is 0 Å². The van der Waals surface area contributed by atoms with Gasteiger partial charge < -0.3 is 19.7 Å². The average molecular weight is 543 g/mol. The molecule has 0 aromatic rings. The van der Waals surface area contributed by atoms with Gasteiger partial charge in [-0.3, -0.25) is 28.8 Å². The Bertz CT molecular complexity index is 656. The van der Waals surface area contributed by atoms with Crippen LogP contribution < -0.4 is 0 Å². The van der Waals surface area contributed by atoms with Gasteiger partial charge in [-0.2, -0.15) is 0 Å². The number of carbonyl (C=O) groups excluding carboxylic acids is 4. The molecule has 0 aromatic carbocycles. The Labute approximate surface area is 225 Å². The molecular formula is C28H46O10. The predicted octanol–water partition coefficient (Wildman–Crippen LogP) is 5.88. The monoisotopic (exact) mass is 542 g/mol. The second-order valence-electron chi connectivity index (χ2n) is 9.64. The van der Waals surface area contributed by atoms with Crippen molar-refractivity contribution in [2.45, 2.75) is 141 Å². The zero-order valence-electron chi connectivity index (χ0n) is 22.7. The molecule has 0 amide bonds. The minimum Gasteiger partial charge on any atom is -0.481 e. The Kier molecular flexibility index (Phi) is 22.8. The highest BCUT2D eigenvalue weighted by Gasteiger charge is 2.11. The summed E-state index contributed by atoms with van der Waals surface area (Å²) in [5.74, 6) is -4.00. The van der Waals surface area contributed by atoms with Crippen LogP contribution in [0.5, 0.6) is 0 Å². The normalized spacial score (nSPS) is 10.6. The molecule has 10 nitrogen and oxygen atoms in total. The van der Waals surface area contributed by atoms with Gasteiger partial charge >= 0.3 is 35.8 Å². The standard InChI is InChI=1S/C28H46O10/c29-23(30)17-13-15-21-27(35)37-25(33)19-11-9-7-5-3-1-2-4-6-8-10-12-20-26(34)38-28(36)22-16-14-18-24(31)32/h1-22H2,(H,29,30)(H,31,32). The van der Waals surface area contributed by atoms with Gasteiger partial charge in [0.25, 0.3) is 0 Å². The lowest BCUT2D eigenvalue weighted by atomic mass is 10.0. The molecule has 0 aromatic heterocycles. The van der Waals surface area contributed by atoms with Crippen LogP contribution in [0.2, 0.25) is 0 Å². The van der Waals surface area contributed by atoms with Crippen LogP contribution in [0.1, 0.15) is 141 Å². The summed E-state index contributed by atoms with van der Waals surface area (Å²) in [7, 11) is 0. The number of carboxylic acid groups (broad SMARTS) is 2. The van der Waals surface area contributed by atoms with Gasteiger partial charge in [0.2, 0.25) is 0 Å². The third-order valence-electron chi connectivity index (χ3n) is 6.01. The zero-order chi connectivity index (χ0) is 28.4. The highest BCUT2D eigenvalue weighted by molar-refractivity contribution is 5.85. The van der Waals surface area contributed by atoms with Crippen molar-refractivity contribution in [3.63, 3.8) is 0 Å². The number of unbranched alkanes of at least 4 members (excludes halogenated alkanes) is 13. The van der Waals surface area contributed by atoms with E-state index < -0.39 is 35.8 Å². The van der Waals surface area contributed by atoms with Crippen LogP contribution in [0.3, 0.4) is 0 Å². The Balaban J connectivity index is 3.41. The van der Waals surface area contributed by atoms with Crippen molar-refractivity contribution in [1.29, 1.82) is 0 Å². The third kappa shape index (κ3) is 26.3. The van der Waals surface area contributed by atoms with E-state index in [0.29, 0.717) is 38.5 Å². The van der Waals surface area contributed by atoms with Gasteiger partial charge in [-0.25, -0.2) is 0 Å². The van der Waals surface area contributed by atoms with Crippen LogP contribution in [-0.2, 0) is 38.2 Å². The maximum absolute atomic E-state index is 11.6. The molecule has 0 bridgehead atoms. The maximum Gasteiger partial charge on any atom is 0.313 e. The molecule has 0 aliphatic heterocycles. The molecule has 0 unspecified atom stereocenters. The Morgan fingerprint density at radius 3 is 0.737 bits per heavy atom. The topological polar surface area (TPSA) is 161 Å². The molecule has 0 saturated heterocycles. The highest BCUT2D eigenvalue weighted by atomic mass is 16.6. The summed E-state index contributed by atoms with van der Waals surface area (Å²) in [4.78, 5) is 67.1. The minimum atomic E-state index is -0.902. The minimum absolute atomic E-state index is 0.00796.